The van der Waals surface area contributed by atoms with Gasteiger partial charge in [-0.1, -0.05) is 17.7 Å². The van der Waals surface area contributed by atoms with Crippen LogP contribution >= 0.6 is 11.6 Å². The minimum atomic E-state index is -3.70. The van der Waals surface area contributed by atoms with Gasteiger partial charge >= 0.3 is 0 Å². The molecule has 0 saturated heterocycles. The van der Waals surface area contributed by atoms with E-state index in [2.05, 4.69) is 4.98 Å². The molecule has 0 aliphatic heterocycles. The summed E-state index contributed by atoms with van der Waals surface area (Å²) in [4.78, 5) is 4.13. The number of methoxy groups -OCH3 is 2. The Balaban J connectivity index is 2.37. The van der Waals surface area contributed by atoms with Crippen molar-refractivity contribution in [1.82, 2.24) is 9.29 Å². The Hall–Kier alpha value is -1.83. The zero-order valence-electron chi connectivity index (χ0n) is 13.9. The van der Waals surface area contributed by atoms with Crippen molar-refractivity contribution in [2.75, 3.05) is 21.3 Å². The fraction of sp³-hybridized carbons (Fsp3) is 0.312. The fourth-order valence-electron chi connectivity index (χ4n) is 2.25. The Bertz CT molecular complexity index is 823. The van der Waals surface area contributed by atoms with Crippen LogP contribution < -0.4 is 9.47 Å². The molecule has 24 heavy (non-hydrogen) atoms. The fourth-order valence-corrected chi connectivity index (χ4v) is 3.74. The van der Waals surface area contributed by atoms with Crippen LogP contribution in [0.25, 0.3) is 0 Å². The van der Waals surface area contributed by atoms with Crippen LogP contribution in [0, 0.1) is 6.92 Å². The molecule has 0 unspecified atom stereocenters. The smallest absolute Gasteiger partial charge is 0.243 e. The molecule has 0 saturated carbocycles. The van der Waals surface area contributed by atoms with Crippen LogP contribution in [0.4, 0.5) is 0 Å². The average molecular weight is 371 g/mol. The van der Waals surface area contributed by atoms with E-state index in [1.165, 1.54) is 31.6 Å². The van der Waals surface area contributed by atoms with E-state index < -0.39 is 10.0 Å². The number of sulfonamides is 1. The predicted octanol–water partition coefficient (Wildman–Crippen LogP) is 2.88. The Morgan fingerprint density at radius 1 is 1.17 bits per heavy atom. The SMILES string of the molecule is COc1cc(C)c(S(=O)(=O)N(C)Cc2ccc(Cl)nc2)cc1OC. The molecule has 130 valence electrons. The highest BCUT2D eigenvalue weighted by Gasteiger charge is 2.25. The van der Waals surface area contributed by atoms with Gasteiger partial charge in [-0.2, -0.15) is 4.31 Å². The molecule has 2 aromatic rings. The van der Waals surface area contributed by atoms with E-state index in [4.69, 9.17) is 21.1 Å². The Morgan fingerprint density at radius 2 is 1.79 bits per heavy atom. The molecular formula is C16H19ClN2O4S. The number of nitrogens with zero attached hydrogens (tertiary/aromatic N) is 2. The second-order valence-corrected chi connectivity index (χ2v) is 7.62. The van der Waals surface area contributed by atoms with Gasteiger partial charge in [-0.15, -0.1) is 0 Å². The molecule has 0 amide bonds. The molecule has 1 aromatic carbocycles. The Labute approximate surface area is 147 Å². The number of rotatable bonds is 6. The van der Waals surface area contributed by atoms with Crippen molar-refractivity contribution in [2.24, 2.45) is 0 Å². The zero-order chi connectivity index (χ0) is 17.9. The van der Waals surface area contributed by atoms with E-state index in [1.54, 1.807) is 31.3 Å². The maximum Gasteiger partial charge on any atom is 0.243 e. The maximum atomic E-state index is 12.9. The van der Waals surface area contributed by atoms with Gasteiger partial charge in [-0.3, -0.25) is 0 Å². The second-order valence-electron chi connectivity index (χ2n) is 5.22. The molecule has 6 nitrogen and oxygen atoms in total. The minimum absolute atomic E-state index is 0.171. The van der Waals surface area contributed by atoms with E-state index >= 15 is 0 Å². The van der Waals surface area contributed by atoms with E-state index in [0.717, 1.165) is 5.56 Å². The maximum absolute atomic E-state index is 12.9. The molecule has 0 N–H and O–H groups in total. The lowest BCUT2D eigenvalue weighted by molar-refractivity contribution is 0.353. The first-order chi connectivity index (χ1) is 11.3. The summed E-state index contributed by atoms with van der Waals surface area (Å²) in [5.74, 6) is 0.849. The van der Waals surface area contributed by atoms with Gasteiger partial charge in [0.2, 0.25) is 10.0 Å². The third kappa shape index (κ3) is 3.80. The van der Waals surface area contributed by atoms with Gasteiger partial charge in [-0.25, -0.2) is 13.4 Å². The quantitative estimate of drug-likeness (QED) is 0.731. The molecule has 8 heteroatoms. The first kappa shape index (κ1) is 18.5. The number of aryl methyl sites for hydroxylation is 1. The van der Waals surface area contributed by atoms with Crippen molar-refractivity contribution in [2.45, 2.75) is 18.4 Å². The summed E-state index contributed by atoms with van der Waals surface area (Å²) in [6, 6.07) is 6.48. The first-order valence-corrected chi connectivity index (χ1v) is 8.90. The van der Waals surface area contributed by atoms with Gasteiger partial charge in [0.1, 0.15) is 5.15 Å². The van der Waals surface area contributed by atoms with E-state index in [9.17, 15) is 8.42 Å². The van der Waals surface area contributed by atoms with Crippen molar-refractivity contribution in [3.63, 3.8) is 0 Å². The summed E-state index contributed by atoms with van der Waals surface area (Å²) in [6.07, 6.45) is 1.55. The second kappa shape index (κ2) is 7.38. The van der Waals surface area contributed by atoms with Crippen LogP contribution in [-0.4, -0.2) is 39.0 Å². The van der Waals surface area contributed by atoms with E-state index in [-0.39, 0.29) is 11.4 Å². The molecule has 0 fully saturated rings. The largest absolute Gasteiger partial charge is 0.493 e. The Morgan fingerprint density at radius 3 is 2.33 bits per heavy atom. The topological polar surface area (TPSA) is 68.7 Å². The van der Waals surface area contributed by atoms with Crippen molar-refractivity contribution in [3.8, 4) is 11.5 Å². The highest BCUT2D eigenvalue weighted by Crippen LogP contribution is 2.33. The molecule has 0 aliphatic carbocycles. The van der Waals surface area contributed by atoms with Crippen molar-refractivity contribution < 1.29 is 17.9 Å². The number of pyridine rings is 1. The summed E-state index contributed by atoms with van der Waals surface area (Å²) in [7, 11) is 0.785. The number of hydrogen-bond acceptors (Lipinski definition) is 5. The number of aromatic nitrogens is 1. The highest BCUT2D eigenvalue weighted by molar-refractivity contribution is 7.89. The van der Waals surface area contributed by atoms with Crippen LogP contribution in [0.3, 0.4) is 0 Å². The molecule has 0 atom stereocenters. The molecule has 0 bridgehead atoms. The highest BCUT2D eigenvalue weighted by atomic mass is 35.5. The summed E-state index contributed by atoms with van der Waals surface area (Å²) in [5.41, 5.74) is 1.32. The summed E-state index contributed by atoms with van der Waals surface area (Å²) >= 11 is 5.75. The number of ether oxygens (including phenoxy) is 2. The number of halogens is 1. The predicted molar refractivity (Wildman–Crippen MR) is 92.2 cm³/mol. The number of hydrogen-bond donors (Lipinski definition) is 0. The molecule has 2 rings (SSSR count). The van der Waals surface area contributed by atoms with Crippen LogP contribution in [0.15, 0.2) is 35.4 Å². The van der Waals surface area contributed by atoms with Crippen molar-refractivity contribution in [1.29, 1.82) is 0 Å². The van der Waals surface area contributed by atoms with Crippen molar-refractivity contribution >= 4 is 21.6 Å². The molecule has 0 spiro atoms. The third-order valence-corrected chi connectivity index (χ3v) is 5.73. The van der Waals surface area contributed by atoms with Gasteiger partial charge in [0.05, 0.1) is 19.1 Å². The summed E-state index contributed by atoms with van der Waals surface area (Å²) in [5, 5.41) is 0.361. The van der Waals surface area contributed by atoms with Crippen LogP contribution in [-0.2, 0) is 16.6 Å². The Kier molecular flexibility index (Phi) is 5.69. The van der Waals surface area contributed by atoms with Crippen LogP contribution in [0.5, 0.6) is 11.5 Å². The molecule has 0 radical (unpaired) electrons. The van der Waals surface area contributed by atoms with Gasteiger partial charge < -0.3 is 9.47 Å². The standard InChI is InChI=1S/C16H19ClN2O4S/c1-11-7-13(22-3)14(23-4)8-15(11)24(20,21)19(2)10-12-5-6-16(17)18-9-12/h5-9H,10H2,1-4H3. The summed E-state index contributed by atoms with van der Waals surface area (Å²) in [6.45, 7) is 1.90. The van der Waals surface area contributed by atoms with Gasteiger partial charge in [-0.05, 0) is 30.2 Å². The molecular weight excluding hydrogens is 352 g/mol. The lowest BCUT2D eigenvalue weighted by Gasteiger charge is -2.20. The monoisotopic (exact) mass is 370 g/mol. The minimum Gasteiger partial charge on any atom is -0.493 e. The lowest BCUT2D eigenvalue weighted by Crippen LogP contribution is -2.27. The van der Waals surface area contributed by atoms with Gasteiger partial charge in [0, 0.05) is 25.9 Å². The molecule has 0 aliphatic rings. The molecule has 1 aromatic heterocycles. The summed E-state index contributed by atoms with van der Waals surface area (Å²) < 4.78 is 37.4. The van der Waals surface area contributed by atoms with E-state index in [1.807, 2.05) is 0 Å². The zero-order valence-corrected chi connectivity index (χ0v) is 15.5. The normalized spacial score (nSPS) is 11.6. The molecule has 1 heterocycles. The lowest BCUT2D eigenvalue weighted by atomic mass is 10.2. The van der Waals surface area contributed by atoms with Crippen LogP contribution in [0.2, 0.25) is 5.15 Å². The first-order valence-electron chi connectivity index (χ1n) is 7.09. The van der Waals surface area contributed by atoms with Gasteiger partial charge in [0.25, 0.3) is 0 Å². The van der Waals surface area contributed by atoms with Gasteiger partial charge in [0.15, 0.2) is 11.5 Å². The third-order valence-electron chi connectivity index (χ3n) is 3.56. The average Bonchev–Trinajstić information content (AvgIpc) is 2.56. The van der Waals surface area contributed by atoms with Crippen LogP contribution in [0.1, 0.15) is 11.1 Å². The van der Waals surface area contributed by atoms with E-state index in [0.29, 0.717) is 22.2 Å². The number of benzene rings is 1. The van der Waals surface area contributed by atoms with Crippen molar-refractivity contribution in [3.05, 3.63) is 46.7 Å².